The Balaban J connectivity index is 1.75. The lowest BCUT2D eigenvalue weighted by molar-refractivity contribution is 0.102. The second-order valence-corrected chi connectivity index (χ2v) is 8.04. The summed E-state index contributed by atoms with van der Waals surface area (Å²) >= 11 is 0. The number of ketones is 1. The van der Waals surface area contributed by atoms with Crippen LogP contribution in [0.5, 0.6) is 5.75 Å². The fourth-order valence-electron chi connectivity index (χ4n) is 4.35. The topological polar surface area (TPSA) is 37.7 Å². The van der Waals surface area contributed by atoms with Gasteiger partial charge < -0.3 is 14.2 Å². The molecule has 1 unspecified atom stereocenters. The maximum atomic E-state index is 13.4. The summed E-state index contributed by atoms with van der Waals surface area (Å²) in [6.45, 7) is 6.15. The van der Waals surface area contributed by atoms with Crippen LogP contribution in [-0.2, 0) is 6.54 Å². The van der Waals surface area contributed by atoms with Crippen molar-refractivity contribution in [1.82, 2.24) is 14.4 Å². The Bertz CT molecular complexity index is 1020. The number of carbonyl (C=O) groups is 1. The van der Waals surface area contributed by atoms with E-state index in [0.717, 1.165) is 54.1 Å². The standard InChI is InChI=1S/C24H29N3O2/c1-17-23(24(28)18-9-11-20(29-4)12-10-18)21-7-5-6-8-22(21)27(17)16-19-15-25(2)13-14-26(19)3/h5-12,19H,13-16H2,1-4H3. The van der Waals surface area contributed by atoms with Gasteiger partial charge in [-0.3, -0.25) is 9.69 Å². The van der Waals surface area contributed by atoms with E-state index >= 15 is 0 Å². The summed E-state index contributed by atoms with van der Waals surface area (Å²) in [7, 11) is 6.01. The van der Waals surface area contributed by atoms with Crippen LogP contribution >= 0.6 is 0 Å². The second kappa shape index (κ2) is 8.01. The molecule has 1 fully saturated rings. The molecular formula is C24H29N3O2. The van der Waals surface area contributed by atoms with Crippen molar-refractivity contribution in [3.8, 4) is 5.75 Å². The van der Waals surface area contributed by atoms with Crippen molar-refractivity contribution < 1.29 is 9.53 Å². The van der Waals surface area contributed by atoms with Gasteiger partial charge in [-0.25, -0.2) is 0 Å². The number of rotatable bonds is 5. The predicted octanol–water partition coefficient (Wildman–Crippen LogP) is 3.44. The average Bonchev–Trinajstić information content (AvgIpc) is 3.02. The van der Waals surface area contributed by atoms with Crippen molar-refractivity contribution in [2.45, 2.75) is 19.5 Å². The van der Waals surface area contributed by atoms with Gasteiger partial charge in [0.1, 0.15) is 5.75 Å². The molecule has 5 nitrogen and oxygen atoms in total. The first-order chi connectivity index (χ1) is 14.0. The van der Waals surface area contributed by atoms with Crippen molar-refractivity contribution >= 4 is 16.7 Å². The molecule has 1 atom stereocenters. The highest BCUT2D eigenvalue weighted by Gasteiger charge is 2.26. The highest BCUT2D eigenvalue weighted by Crippen LogP contribution is 2.29. The molecule has 1 aliphatic heterocycles. The molecule has 0 bridgehead atoms. The summed E-state index contributed by atoms with van der Waals surface area (Å²) in [5.41, 5.74) is 3.65. The Hall–Kier alpha value is -2.63. The number of aromatic nitrogens is 1. The number of methoxy groups -OCH3 is 1. The zero-order valence-electron chi connectivity index (χ0n) is 17.7. The highest BCUT2D eigenvalue weighted by atomic mass is 16.5. The zero-order valence-corrected chi connectivity index (χ0v) is 17.7. The lowest BCUT2D eigenvalue weighted by atomic mass is 10.0. The van der Waals surface area contributed by atoms with E-state index in [-0.39, 0.29) is 5.78 Å². The van der Waals surface area contributed by atoms with Crippen LogP contribution in [0.3, 0.4) is 0 Å². The molecule has 0 radical (unpaired) electrons. The van der Waals surface area contributed by atoms with E-state index in [0.29, 0.717) is 11.6 Å². The Kier molecular flexibility index (Phi) is 5.43. The Morgan fingerprint density at radius 1 is 1.07 bits per heavy atom. The van der Waals surface area contributed by atoms with Gasteiger partial charge in [0, 0.05) is 54.4 Å². The third kappa shape index (κ3) is 3.68. The first kappa shape index (κ1) is 19.7. The summed E-state index contributed by atoms with van der Waals surface area (Å²) in [6, 6.07) is 16.0. The lowest BCUT2D eigenvalue weighted by Crippen LogP contribution is -2.51. The van der Waals surface area contributed by atoms with Gasteiger partial charge in [-0.05, 0) is 51.4 Å². The highest BCUT2D eigenvalue weighted by molar-refractivity contribution is 6.17. The van der Waals surface area contributed by atoms with E-state index in [9.17, 15) is 4.79 Å². The van der Waals surface area contributed by atoms with Gasteiger partial charge in [0.25, 0.3) is 0 Å². The Morgan fingerprint density at radius 2 is 1.79 bits per heavy atom. The number of carbonyl (C=O) groups excluding carboxylic acids is 1. The number of nitrogens with zero attached hydrogens (tertiary/aromatic N) is 3. The van der Waals surface area contributed by atoms with Crippen LogP contribution in [0.15, 0.2) is 48.5 Å². The molecule has 4 rings (SSSR count). The number of hydrogen-bond acceptors (Lipinski definition) is 4. The quantitative estimate of drug-likeness (QED) is 0.625. The molecule has 29 heavy (non-hydrogen) atoms. The number of likely N-dealkylation sites (N-methyl/N-ethyl adjacent to an activating group) is 2. The molecule has 2 aromatic carbocycles. The number of fused-ring (bicyclic) bond motifs is 1. The summed E-state index contributed by atoms with van der Waals surface area (Å²) in [5.74, 6) is 0.819. The number of benzene rings is 2. The normalized spacial score (nSPS) is 18.3. The first-order valence-electron chi connectivity index (χ1n) is 10.1. The fourth-order valence-corrected chi connectivity index (χ4v) is 4.35. The van der Waals surface area contributed by atoms with Crippen LogP contribution in [0, 0.1) is 6.92 Å². The predicted molar refractivity (Wildman–Crippen MR) is 117 cm³/mol. The van der Waals surface area contributed by atoms with Crippen LogP contribution < -0.4 is 4.74 Å². The van der Waals surface area contributed by atoms with Crippen molar-refractivity contribution in [1.29, 1.82) is 0 Å². The Labute approximate surface area is 172 Å². The first-order valence-corrected chi connectivity index (χ1v) is 10.1. The minimum atomic E-state index is 0.0641. The molecule has 2 heterocycles. The molecule has 3 aromatic rings. The molecule has 5 heteroatoms. The lowest BCUT2D eigenvalue weighted by Gasteiger charge is -2.38. The van der Waals surface area contributed by atoms with Gasteiger partial charge in [-0.2, -0.15) is 0 Å². The monoisotopic (exact) mass is 391 g/mol. The SMILES string of the molecule is COc1ccc(C(=O)c2c(C)n(CC3CN(C)CCN3C)c3ccccc23)cc1. The molecule has 152 valence electrons. The van der Waals surface area contributed by atoms with E-state index in [1.807, 2.05) is 30.3 Å². The van der Waals surface area contributed by atoms with E-state index in [1.165, 1.54) is 0 Å². The van der Waals surface area contributed by atoms with E-state index in [2.05, 4.69) is 53.6 Å². The summed E-state index contributed by atoms with van der Waals surface area (Å²) in [6.07, 6.45) is 0. The molecule has 1 aromatic heterocycles. The summed E-state index contributed by atoms with van der Waals surface area (Å²) < 4.78 is 7.56. The number of ether oxygens (including phenoxy) is 1. The second-order valence-electron chi connectivity index (χ2n) is 8.04. The third-order valence-corrected chi connectivity index (χ3v) is 6.18. The number of para-hydroxylation sites is 1. The Morgan fingerprint density at radius 3 is 2.52 bits per heavy atom. The van der Waals surface area contributed by atoms with E-state index < -0.39 is 0 Å². The van der Waals surface area contributed by atoms with Gasteiger partial charge in [0.05, 0.1) is 12.7 Å². The number of piperazine rings is 1. The van der Waals surface area contributed by atoms with Crippen LogP contribution in [0.2, 0.25) is 0 Å². The maximum Gasteiger partial charge on any atom is 0.195 e. The van der Waals surface area contributed by atoms with Crippen LogP contribution in [0.4, 0.5) is 0 Å². The van der Waals surface area contributed by atoms with Crippen molar-refractivity contribution in [2.24, 2.45) is 0 Å². The average molecular weight is 392 g/mol. The molecule has 1 aliphatic rings. The van der Waals surface area contributed by atoms with Gasteiger partial charge in [0.15, 0.2) is 5.78 Å². The molecule has 0 saturated carbocycles. The molecule has 1 saturated heterocycles. The minimum Gasteiger partial charge on any atom is -0.497 e. The van der Waals surface area contributed by atoms with Gasteiger partial charge in [-0.1, -0.05) is 18.2 Å². The summed E-state index contributed by atoms with van der Waals surface area (Å²) in [4.78, 5) is 18.2. The molecule has 0 aliphatic carbocycles. The summed E-state index contributed by atoms with van der Waals surface area (Å²) in [5, 5.41) is 1.03. The van der Waals surface area contributed by atoms with Gasteiger partial charge in [-0.15, -0.1) is 0 Å². The molecule has 0 spiro atoms. The van der Waals surface area contributed by atoms with Crippen LogP contribution in [-0.4, -0.2) is 67.0 Å². The van der Waals surface area contributed by atoms with Crippen LogP contribution in [0.25, 0.3) is 10.9 Å². The third-order valence-electron chi connectivity index (χ3n) is 6.18. The van der Waals surface area contributed by atoms with Crippen LogP contribution in [0.1, 0.15) is 21.6 Å². The largest absolute Gasteiger partial charge is 0.497 e. The van der Waals surface area contributed by atoms with Crippen molar-refractivity contribution in [3.63, 3.8) is 0 Å². The van der Waals surface area contributed by atoms with E-state index in [1.54, 1.807) is 7.11 Å². The van der Waals surface area contributed by atoms with E-state index in [4.69, 9.17) is 4.74 Å². The van der Waals surface area contributed by atoms with Gasteiger partial charge >= 0.3 is 0 Å². The minimum absolute atomic E-state index is 0.0641. The smallest absolute Gasteiger partial charge is 0.195 e. The van der Waals surface area contributed by atoms with Gasteiger partial charge in [0.2, 0.25) is 0 Å². The molecular weight excluding hydrogens is 362 g/mol. The maximum absolute atomic E-state index is 13.4. The number of hydrogen-bond donors (Lipinski definition) is 0. The molecule has 0 N–H and O–H groups in total. The fraction of sp³-hybridized carbons (Fsp3) is 0.375. The van der Waals surface area contributed by atoms with Crippen molar-refractivity contribution in [3.05, 3.63) is 65.4 Å². The zero-order chi connectivity index (χ0) is 20.5. The molecule has 0 amide bonds. The van der Waals surface area contributed by atoms with Crippen molar-refractivity contribution in [2.75, 3.05) is 40.8 Å².